The Morgan fingerprint density at radius 3 is 2.50 bits per heavy atom. The van der Waals surface area contributed by atoms with Crippen LogP contribution in [0.25, 0.3) is 0 Å². The van der Waals surface area contributed by atoms with Gasteiger partial charge in [0.25, 0.3) is 0 Å². The first-order valence-electron chi connectivity index (χ1n) is 5.38. The van der Waals surface area contributed by atoms with Gasteiger partial charge in [0.15, 0.2) is 5.82 Å². The van der Waals surface area contributed by atoms with Crippen LogP contribution in [0.5, 0.6) is 0 Å². The average Bonchev–Trinajstić information content (AvgIpc) is 2.79. The molecule has 1 unspecified atom stereocenters. The van der Waals surface area contributed by atoms with Crippen molar-refractivity contribution in [2.75, 3.05) is 19.0 Å². The number of aliphatic carboxylic acids is 1. The number of nitrogens with zero attached hydrogens (tertiary/aromatic N) is 3. The first-order chi connectivity index (χ1) is 8.59. The number of carboxylic acids is 1. The molecule has 0 spiro atoms. The highest BCUT2D eigenvalue weighted by molar-refractivity contribution is 5.79. The van der Waals surface area contributed by atoms with Gasteiger partial charge < -0.3 is 14.5 Å². The third-order valence-electron chi connectivity index (χ3n) is 2.45. The van der Waals surface area contributed by atoms with Crippen molar-refractivity contribution < 1.29 is 14.4 Å². The molecule has 0 aliphatic rings. The molecule has 1 aromatic carbocycles. The van der Waals surface area contributed by atoms with Gasteiger partial charge in [-0.15, -0.1) is 0 Å². The van der Waals surface area contributed by atoms with Crippen LogP contribution in [0.4, 0.5) is 6.01 Å². The molecule has 1 N–H and O–H groups in total. The molecule has 0 saturated heterocycles. The van der Waals surface area contributed by atoms with Crippen LogP contribution >= 0.6 is 0 Å². The highest BCUT2D eigenvalue weighted by Crippen LogP contribution is 2.23. The lowest BCUT2D eigenvalue weighted by Crippen LogP contribution is -2.15. The van der Waals surface area contributed by atoms with Gasteiger partial charge in [0.05, 0.1) is 0 Å². The van der Waals surface area contributed by atoms with E-state index in [1.54, 1.807) is 43.3 Å². The smallest absolute Gasteiger partial charge is 0.323 e. The van der Waals surface area contributed by atoms with Gasteiger partial charge in [0.2, 0.25) is 0 Å². The summed E-state index contributed by atoms with van der Waals surface area (Å²) in [6, 6.07) is 9.11. The van der Waals surface area contributed by atoms with Gasteiger partial charge >= 0.3 is 12.0 Å². The lowest BCUT2D eigenvalue weighted by molar-refractivity contribution is -0.137. The fraction of sp³-hybridized carbons (Fsp3) is 0.250. The maximum absolute atomic E-state index is 11.3. The maximum atomic E-state index is 11.3. The van der Waals surface area contributed by atoms with Crippen LogP contribution < -0.4 is 4.90 Å². The van der Waals surface area contributed by atoms with Crippen molar-refractivity contribution in [2.45, 2.75) is 5.92 Å². The third-order valence-corrected chi connectivity index (χ3v) is 2.45. The van der Waals surface area contributed by atoms with Gasteiger partial charge in [-0.2, -0.15) is 4.98 Å². The van der Waals surface area contributed by atoms with Crippen LogP contribution in [0.1, 0.15) is 17.3 Å². The topological polar surface area (TPSA) is 79.5 Å². The maximum Gasteiger partial charge on any atom is 0.323 e. The average molecular weight is 247 g/mol. The number of benzene rings is 1. The number of rotatable bonds is 4. The van der Waals surface area contributed by atoms with E-state index in [1.165, 1.54) is 0 Å². The van der Waals surface area contributed by atoms with Crippen molar-refractivity contribution >= 4 is 12.0 Å². The van der Waals surface area contributed by atoms with Crippen molar-refractivity contribution in [3.63, 3.8) is 0 Å². The van der Waals surface area contributed by atoms with Gasteiger partial charge in [0, 0.05) is 14.1 Å². The number of aromatic nitrogens is 2. The van der Waals surface area contributed by atoms with Crippen LogP contribution in [0.3, 0.4) is 0 Å². The van der Waals surface area contributed by atoms with E-state index in [1.807, 2.05) is 6.07 Å². The third kappa shape index (κ3) is 2.32. The van der Waals surface area contributed by atoms with E-state index in [9.17, 15) is 9.90 Å². The number of carboxylic acid groups (broad SMARTS) is 1. The van der Waals surface area contributed by atoms with Gasteiger partial charge in [-0.25, -0.2) is 0 Å². The summed E-state index contributed by atoms with van der Waals surface area (Å²) < 4.78 is 4.98. The highest BCUT2D eigenvalue weighted by Gasteiger charge is 2.27. The molecule has 0 aliphatic heterocycles. The van der Waals surface area contributed by atoms with Crippen molar-refractivity contribution in [1.29, 1.82) is 0 Å². The number of hydrogen-bond donors (Lipinski definition) is 1. The molecule has 0 amide bonds. The van der Waals surface area contributed by atoms with E-state index >= 15 is 0 Å². The Bertz CT molecular complexity index is 537. The second-order valence-electron chi connectivity index (χ2n) is 4.01. The normalized spacial score (nSPS) is 12.1. The molecule has 1 atom stereocenters. The summed E-state index contributed by atoms with van der Waals surface area (Å²) in [5.41, 5.74) is 0.621. The molecule has 0 aliphatic carbocycles. The zero-order valence-corrected chi connectivity index (χ0v) is 10.1. The van der Waals surface area contributed by atoms with Crippen molar-refractivity contribution in [3.05, 3.63) is 41.7 Å². The summed E-state index contributed by atoms with van der Waals surface area (Å²) in [5, 5.41) is 13.0. The monoisotopic (exact) mass is 247 g/mol. The van der Waals surface area contributed by atoms with Crippen molar-refractivity contribution in [2.24, 2.45) is 0 Å². The van der Waals surface area contributed by atoms with E-state index in [-0.39, 0.29) is 11.8 Å². The number of hydrogen-bond acceptors (Lipinski definition) is 5. The lowest BCUT2D eigenvalue weighted by Gasteiger charge is -2.07. The van der Waals surface area contributed by atoms with Gasteiger partial charge in [-0.3, -0.25) is 4.79 Å². The first-order valence-corrected chi connectivity index (χ1v) is 5.38. The molecule has 1 aromatic heterocycles. The molecule has 2 aromatic rings. The van der Waals surface area contributed by atoms with Crippen LogP contribution in [0, 0.1) is 0 Å². The Labute approximate surface area is 104 Å². The Hall–Kier alpha value is -2.37. The van der Waals surface area contributed by atoms with E-state index in [2.05, 4.69) is 10.1 Å². The lowest BCUT2D eigenvalue weighted by atomic mass is 9.99. The SMILES string of the molecule is CN(C)c1nc(C(C(=O)O)c2ccccc2)no1. The Morgan fingerprint density at radius 2 is 2.00 bits per heavy atom. The Morgan fingerprint density at radius 1 is 1.33 bits per heavy atom. The van der Waals surface area contributed by atoms with Crippen LogP contribution in [0.2, 0.25) is 0 Å². The molecule has 18 heavy (non-hydrogen) atoms. The molecular weight excluding hydrogens is 234 g/mol. The molecule has 94 valence electrons. The van der Waals surface area contributed by atoms with Gasteiger partial charge in [0.1, 0.15) is 5.92 Å². The molecular formula is C12H13N3O3. The van der Waals surface area contributed by atoms with Crippen LogP contribution in [-0.4, -0.2) is 35.3 Å². The Kier molecular flexibility index (Phi) is 3.27. The van der Waals surface area contributed by atoms with Crippen LogP contribution in [-0.2, 0) is 4.79 Å². The second-order valence-corrected chi connectivity index (χ2v) is 4.01. The number of anilines is 1. The summed E-state index contributed by atoms with van der Waals surface area (Å²) in [4.78, 5) is 17.0. The molecule has 0 bridgehead atoms. The summed E-state index contributed by atoms with van der Waals surface area (Å²) in [6.07, 6.45) is 0. The summed E-state index contributed by atoms with van der Waals surface area (Å²) in [5.74, 6) is -1.77. The zero-order chi connectivity index (χ0) is 13.1. The largest absolute Gasteiger partial charge is 0.480 e. The summed E-state index contributed by atoms with van der Waals surface area (Å²) in [7, 11) is 3.49. The van der Waals surface area contributed by atoms with E-state index in [4.69, 9.17) is 4.52 Å². The minimum Gasteiger partial charge on any atom is -0.480 e. The first kappa shape index (κ1) is 12.1. The highest BCUT2D eigenvalue weighted by atomic mass is 16.5. The molecule has 1 heterocycles. The van der Waals surface area contributed by atoms with E-state index < -0.39 is 11.9 Å². The Balaban J connectivity index is 2.39. The zero-order valence-electron chi connectivity index (χ0n) is 10.1. The molecule has 0 radical (unpaired) electrons. The molecule has 2 rings (SSSR count). The minimum atomic E-state index is -1.01. The fourth-order valence-corrected chi connectivity index (χ4v) is 1.57. The fourth-order valence-electron chi connectivity index (χ4n) is 1.57. The molecule has 0 saturated carbocycles. The van der Waals surface area contributed by atoms with E-state index in [0.717, 1.165) is 0 Å². The number of carbonyl (C=O) groups is 1. The predicted octanol–water partition coefficient (Wildman–Crippen LogP) is 1.35. The molecule has 0 fully saturated rings. The summed E-state index contributed by atoms with van der Waals surface area (Å²) in [6.45, 7) is 0. The van der Waals surface area contributed by atoms with Crippen molar-refractivity contribution in [3.8, 4) is 0 Å². The minimum absolute atomic E-state index is 0.150. The second kappa shape index (κ2) is 4.87. The quantitative estimate of drug-likeness (QED) is 0.878. The predicted molar refractivity (Wildman–Crippen MR) is 64.5 cm³/mol. The van der Waals surface area contributed by atoms with Gasteiger partial charge in [-0.05, 0) is 5.56 Å². The molecule has 6 nitrogen and oxygen atoms in total. The summed E-state index contributed by atoms with van der Waals surface area (Å²) >= 11 is 0. The standard InChI is InChI=1S/C12H13N3O3/c1-15(2)12-13-10(14-18-12)9(11(16)17)8-6-4-3-5-7-8/h3-7,9H,1-2H3,(H,16,17). The van der Waals surface area contributed by atoms with Crippen LogP contribution in [0.15, 0.2) is 34.9 Å². The van der Waals surface area contributed by atoms with Gasteiger partial charge in [-0.1, -0.05) is 35.5 Å². The van der Waals surface area contributed by atoms with Crippen molar-refractivity contribution in [1.82, 2.24) is 10.1 Å². The molecule has 6 heteroatoms. The van der Waals surface area contributed by atoms with E-state index in [0.29, 0.717) is 5.56 Å².